The van der Waals surface area contributed by atoms with Crippen molar-refractivity contribution in [1.29, 1.82) is 5.26 Å². The Labute approximate surface area is 193 Å². The van der Waals surface area contributed by atoms with Gasteiger partial charge in [0.2, 0.25) is 5.96 Å². The molecule has 1 aromatic heterocycles. The van der Waals surface area contributed by atoms with Crippen LogP contribution < -0.4 is 16.0 Å². The van der Waals surface area contributed by atoms with E-state index in [-0.39, 0.29) is 0 Å². The summed E-state index contributed by atoms with van der Waals surface area (Å²) in [6.07, 6.45) is 18.1. The molecule has 172 valence electrons. The summed E-state index contributed by atoms with van der Waals surface area (Å²) in [7, 11) is 0. The summed E-state index contributed by atoms with van der Waals surface area (Å²) in [5.74, 6) is 0.494. The largest absolute Gasteiger partial charge is 0.325 e. The second-order valence-electron chi connectivity index (χ2n) is 8.03. The lowest BCUT2D eigenvalue weighted by Crippen LogP contribution is -2.27. The fraction of sp³-hybridized carbons (Fsp3) is 0.500. The van der Waals surface area contributed by atoms with Crippen molar-refractivity contribution in [1.82, 2.24) is 15.6 Å². The molecule has 0 aliphatic carbocycles. The maximum absolute atomic E-state index is 8.88. The van der Waals surface area contributed by atoms with Gasteiger partial charge in [0, 0.05) is 31.2 Å². The van der Waals surface area contributed by atoms with Crippen LogP contribution in [0.4, 0.5) is 5.69 Å². The molecule has 0 saturated heterocycles. The minimum Gasteiger partial charge on any atom is -0.325 e. The molecule has 0 spiro atoms. The number of anilines is 1. The van der Waals surface area contributed by atoms with Crippen LogP contribution in [0.25, 0.3) is 0 Å². The van der Waals surface area contributed by atoms with Crippen LogP contribution in [-0.2, 0) is 6.54 Å². The third-order valence-corrected chi connectivity index (χ3v) is 5.32. The number of aliphatic imine (C=N–C) groups is 1. The Balaban J connectivity index is 1.37. The number of hydrogen-bond acceptors (Lipinski definition) is 4. The van der Waals surface area contributed by atoms with E-state index in [1.165, 1.54) is 63.4 Å². The van der Waals surface area contributed by atoms with Crippen molar-refractivity contribution in [2.75, 3.05) is 18.4 Å². The number of hydrogen-bond donors (Lipinski definition) is 3. The highest BCUT2D eigenvalue weighted by molar-refractivity contribution is 5.94. The van der Waals surface area contributed by atoms with Gasteiger partial charge in [-0.05, 0) is 37.1 Å². The molecule has 0 radical (unpaired) electrons. The van der Waals surface area contributed by atoms with Gasteiger partial charge >= 0.3 is 0 Å². The summed E-state index contributed by atoms with van der Waals surface area (Å²) >= 11 is 0. The number of guanidine groups is 1. The molecule has 0 aliphatic heterocycles. The number of aromatic nitrogens is 1. The minimum absolute atomic E-state index is 0.494. The van der Waals surface area contributed by atoms with Gasteiger partial charge in [0.15, 0.2) is 6.19 Å². The Morgan fingerprint density at radius 3 is 2.09 bits per heavy atom. The molecule has 0 saturated carbocycles. The Morgan fingerprint density at radius 1 is 0.812 bits per heavy atom. The van der Waals surface area contributed by atoms with Crippen molar-refractivity contribution in [3.05, 3.63) is 60.4 Å². The summed E-state index contributed by atoms with van der Waals surface area (Å²) in [4.78, 5) is 8.44. The fourth-order valence-corrected chi connectivity index (χ4v) is 3.53. The van der Waals surface area contributed by atoms with Crippen LogP contribution >= 0.6 is 0 Å². The third kappa shape index (κ3) is 12.7. The van der Waals surface area contributed by atoms with Crippen molar-refractivity contribution in [2.45, 2.75) is 70.8 Å². The SMILES string of the molecule is N#CNC(=NCCCCCCCCCCCCNCc1ccccc1)Nc1ccncc1. The van der Waals surface area contributed by atoms with Gasteiger partial charge in [0.1, 0.15) is 0 Å². The zero-order valence-electron chi connectivity index (χ0n) is 19.2. The number of pyridine rings is 1. The second-order valence-corrected chi connectivity index (χ2v) is 8.03. The Kier molecular flexibility index (Phi) is 14.1. The van der Waals surface area contributed by atoms with Gasteiger partial charge in [0.25, 0.3) is 0 Å². The van der Waals surface area contributed by atoms with Crippen LogP contribution in [0.1, 0.15) is 69.8 Å². The molecule has 1 aromatic carbocycles. The van der Waals surface area contributed by atoms with Crippen molar-refractivity contribution >= 4 is 11.6 Å². The molecule has 0 fully saturated rings. The smallest absolute Gasteiger partial charge is 0.209 e. The van der Waals surface area contributed by atoms with Crippen molar-refractivity contribution < 1.29 is 0 Å². The van der Waals surface area contributed by atoms with Crippen LogP contribution in [0.2, 0.25) is 0 Å². The molecule has 0 atom stereocenters. The van der Waals surface area contributed by atoms with Gasteiger partial charge in [-0.25, -0.2) is 0 Å². The number of nitrogens with one attached hydrogen (secondary N) is 3. The van der Waals surface area contributed by atoms with E-state index in [1.54, 1.807) is 12.4 Å². The monoisotopic (exact) mass is 434 g/mol. The normalized spacial score (nSPS) is 11.2. The van der Waals surface area contributed by atoms with Crippen molar-refractivity contribution in [2.24, 2.45) is 4.99 Å². The summed E-state index contributed by atoms with van der Waals surface area (Å²) in [6, 6.07) is 14.3. The second kappa shape index (κ2) is 17.7. The van der Waals surface area contributed by atoms with Crippen LogP contribution in [0.15, 0.2) is 59.9 Å². The minimum atomic E-state index is 0.494. The van der Waals surface area contributed by atoms with Crippen LogP contribution in [0.3, 0.4) is 0 Å². The van der Waals surface area contributed by atoms with E-state index in [0.717, 1.165) is 31.7 Å². The molecule has 0 amide bonds. The first-order valence-corrected chi connectivity index (χ1v) is 12.0. The van der Waals surface area contributed by atoms with Gasteiger partial charge in [-0.3, -0.25) is 15.3 Å². The number of nitrogens with zero attached hydrogens (tertiary/aromatic N) is 3. The maximum atomic E-state index is 8.88. The molecule has 32 heavy (non-hydrogen) atoms. The molecular weight excluding hydrogens is 396 g/mol. The first-order chi connectivity index (χ1) is 15.9. The third-order valence-electron chi connectivity index (χ3n) is 5.32. The predicted molar refractivity (Wildman–Crippen MR) is 133 cm³/mol. The lowest BCUT2D eigenvalue weighted by atomic mass is 10.1. The lowest BCUT2D eigenvalue weighted by Gasteiger charge is -2.07. The maximum Gasteiger partial charge on any atom is 0.209 e. The molecule has 0 bridgehead atoms. The highest BCUT2D eigenvalue weighted by Crippen LogP contribution is 2.11. The highest BCUT2D eigenvalue weighted by Gasteiger charge is 1.99. The molecule has 6 heteroatoms. The van der Waals surface area contributed by atoms with E-state index < -0.39 is 0 Å². The zero-order chi connectivity index (χ0) is 22.5. The van der Waals surface area contributed by atoms with E-state index in [1.807, 2.05) is 18.3 Å². The summed E-state index contributed by atoms with van der Waals surface area (Å²) < 4.78 is 0. The standard InChI is InChI=1S/C26H38N6/c27-23-31-26(32-25-16-20-28-21-17-25)30-19-13-8-6-4-2-1-3-5-7-12-18-29-22-24-14-10-9-11-15-24/h9-11,14-17,20-21,29H,1-8,12-13,18-19,22H2,(H2,28,30,31,32). The quantitative estimate of drug-likeness (QED) is 0.105. The lowest BCUT2D eigenvalue weighted by molar-refractivity contribution is 0.541. The molecular formula is C26H38N6. The number of unbranched alkanes of at least 4 members (excludes halogenated alkanes) is 9. The fourth-order valence-electron chi connectivity index (χ4n) is 3.53. The number of nitriles is 1. The van der Waals surface area contributed by atoms with E-state index in [4.69, 9.17) is 5.26 Å². The van der Waals surface area contributed by atoms with Crippen molar-refractivity contribution in [3.8, 4) is 6.19 Å². The number of rotatable bonds is 16. The highest BCUT2D eigenvalue weighted by atomic mass is 15.2. The molecule has 2 aromatic rings. The van der Waals surface area contributed by atoms with Gasteiger partial charge in [-0.15, -0.1) is 0 Å². The summed E-state index contributed by atoms with van der Waals surface area (Å²) in [5.41, 5.74) is 2.23. The van der Waals surface area contributed by atoms with Gasteiger partial charge in [-0.1, -0.05) is 81.7 Å². The van der Waals surface area contributed by atoms with Crippen molar-refractivity contribution in [3.63, 3.8) is 0 Å². The van der Waals surface area contributed by atoms with E-state index in [2.05, 4.69) is 56.3 Å². The van der Waals surface area contributed by atoms with Gasteiger partial charge in [0.05, 0.1) is 0 Å². The average Bonchev–Trinajstić information content (AvgIpc) is 2.83. The predicted octanol–water partition coefficient (Wildman–Crippen LogP) is 5.61. The molecule has 3 N–H and O–H groups in total. The Hall–Kier alpha value is -2.91. The van der Waals surface area contributed by atoms with Crippen LogP contribution in [0.5, 0.6) is 0 Å². The number of benzene rings is 1. The van der Waals surface area contributed by atoms with Crippen LogP contribution in [-0.4, -0.2) is 24.0 Å². The first kappa shape index (κ1) is 25.4. The Bertz CT molecular complexity index is 770. The van der Waals surface area contributed by atoms with E-state index >= 15 is 0 Å². The zero-order valence-corrected chi connectivity index (χ0v) is 19.2. The Morgan fingerprint density at radius 2 is 1.44 bits per heavy atom. The first-order valence-electron chi connectivity index (χ1n) is 12.0. The molecule has 6 nitrogen and oxygen atoms in total. The van der Waals surface area contributed by atoms with E-state index in [0.29, 0.717) is 5.96 Å². The molecule has 1 heterocycles. The van der Waals surface area contributed by atoms with Crippen LogP contribution in [0, 0.1) is 11.5 Å². The van der Waals surface area contributed by atoms with Gasteiger partial charge < -0.3 is 10.6 Å². The summed E-state index contributed by atoms with van der Waals surface area (Å²) in [5, 5.41) is 18.1. The van der Waals surface area contributed by atoms with Gasteiger partial charge in [-0.2, -0.15) is 5.26 Å². The van der Waals surface area contributed by atoms with E-state index in [9.17, 15) is 0 Å². The topological polar surface area (TPSA) is 85.1 Å². The molecule has 2 rings (SSSR count). The molecule has 0 unspecified atom stereocenters. The average molecular weight is 435 g/mol. The summed E-state index contributed by atoms with van der Waals surface area (Å²) in [6.45, 7) is 2.81. The molecule has 0 aliphatic rings.